The first-order chi connectivity index (χ1) is 14.6. The van der Waals surface area contributed by atoms with Crippen LogP contribution in [0.5, 0.6) is 5.75 Å². The second kappa shape index (κ2) is 8.65. The van der Waals surface area contributed by atoms with E-state index in [1.807, 2.05) is 73.8 Å². The second-order valence-corrected chi connectivity index (χ2v) is 6.94. The number of amides is 1. The molecule has 2 heterocycles. The van der Waals surface area contributed by atoms with Crippen molar-refractivity contribution in [3.05, 3.63) is 78.0 Å². The minimum Gasteiger partial charge on any atom is -0.497 e. The molecule has 7 nitrogen and oxygen atoms in total. The number of carbonyl (C=O) groups excluding carboxylic acids is 1. The summed E-state index contributed by atoms with van der Waals surface area (Å²) in [5, 5.41) is 6.99. The number of carbonyl (C=O) groups is 1. The Labute approximate surface area is 174 Å². The van der Waals surface area contributed by atoms with Crippen LogP contribution in [0.3, 0.4) is 0 Å². The zero-order chi connectivity index (χ0) is 20.9. The lowest BCUT2D eigenvalue weighted by Gasteiger charge is -2.08. The normalized spacial score (nSPS) is 10.7. The van der Waals surface area contributed by atoms with Gasteiger partial charge in [0.1, 0.15) is 18.0 Å². The van der Waals surface area contributed by atoms with Gasteiger partial charge in [-0.2, -0.15) is 4.98 Å². The molecule has 1 amide bonds. The van der Waals surface area contributed by atoms with E-state index in [0.717, 1.165) is 22.4 Å². The molecule has 0 radical (unpaired) electrons. The molecule has 1 N–H and O–H groups in total. The highest BCUT2D eigenvalue weighted by molar-refractivity contribution is 5.76. The fourth-order valence-corrected chi connectivity index (χ4v) is 3.05. The van der Waals surface area contributed by atoms with E-state index in [-0.39, 0.29) is 12.5 Å². The van der Waals surface area contributed by atoms with Crippen molar-refractivity contribution in [2.24, 2.45) is 0 Å². The number of hydrogen-bond acceptors (Lipinski definition) is 5. The molecule has 4 aromatic rings. The topological polar surface area (TPSA) is 82.2 Å². The van der Waals surface area contributed by atoms with Crippen molar-refractivity contribution in [1.29, 1.82) is 0 Å². The number of nitrogens with one attached hydrogen (secondary N) is 1. The summed E-state index contributed by atoms with van der Waals surface area (Å²) in [7, 11) is 1.62. The fraction of sp³-hybridized carbons (Fsp3) is 0.174. The monoisotopic (exact) mass is 402 g/mol. The van der Waals surface area contributed by atoms with Gasteiger partial charge >= 0.3 is 0 Å². The predicted octanol–water partition coefficient (Wildman–Crippen LogP) is 3.84. The van der Waals surface area contributed by atoms with Gasteiger partial charge in [-0.25, -0.2) is 0 Å². The van der Waals surface area contributed by atoms with Crippen LogP contribution in [-0.2, 0) is 17.9 Å². The Balaban J connectivity index is 1.41. The highest BCUT2D eigenvalue weighted by Gasteiger charge is 2.15. The van der Waals surface area contributed by atoms with Crippen molar-refractivity contribution in [3.8, 4) is 28.7 Å². The number of aryl methyl sites for hydroxylation is 1. The van der Waals surface area contributed by atoms with E-state index in [1.54, 1.807) is 11.7 Å². The first-order valence-corrected chi connectivity index (χ1v) is 9.58. The molecule has 0 spiro atoms. The lowest BCUT2D eigenvalue weighted by molar-refractivity contribution is -0.121. The van der Waals surface area contributed by atoms with Crippen molar-refractivity contribution < 1.29 is 14.1 Å². The third-order valence-corrected chi connectivity index (χ3v) is 4.75. The van der Waals surface area contributed by atoms with Gasteiger partial charge in [0.05, 0.1) is 7.11 Å². The molecule has 0 aliphatic rings. The smallest absolute Gasteiger partial charge is 0.274 e. The van der Waals surface area contributed by atoms with Crippen LogP contribution in [0.25, 0.3) is 23.0 Å². The van der Waals surface area contributed by atoms with E-state index in [9.17, 15) is 4.79 Å². The minimum atomic E-state index is -0.110. The van der Waals surface area contributed by atoms with Gasteiger partial charge in [0, 0.05) is 18.3 Å². The van der Waals surface area contributed by atoms with E-state index in [2.05, 4.69) is 15.5 Å². The molecule has 0 aliphatic carbocycles. The zero-order valence-corrected chi connectivity index (χ0v) is 16.8. The number of benzene rings is 2. The van der Waals surface area contributed by atoms with Gasteiger partial charge < -0.3 is 19.1 Å². The van der Waals surface area contributed by atoms with Gasteiger partial charge in [-0.3, -0.25) is 4.79 Å². The zero-order valence-electron chi connectivity index (χ0n) is 16.8. The maximum atomic E-state index is 12.4. The van der Waals surface area contributed by atoms with Crippen LogP contribution in [0.2, 0.25) is 0 Å². The first kappa shape index (κ1) is 19.4. The summed E-state index contributed by atoms with van der Waals surface area (Å²) in [5.74, 6) is 1.56. The maximum absolute atomic E-state index is 12.4. The van der Waals surface area contributed by atoms with E-state index in [4.69, 9.17) is 9.26 Å². The maximum Gasteiger partial charge on any atom is 0.274 e. The summed E-state index contributed by atoms with van der Waals surface area (Å²) >= 11 is 0. The fourth-order valence-electron chi connectivity index (χ4n) is 3.05. The van der Waals surface area contributed by atoms with E-state index >= 15 is 0 Å². The lowest BCUT2D eigenvalue weighted by atomic mass is 10.1. The Bertz CT molecular complexity index is 1130. The molecule has 4 rings (SSSR count). The van der Waals surface area contributed by atoms with Crippen molar-refractivity contribution >= 4 is 5.91 Å². The molecule has 0 atom stereocenters. The van der Waals surface area contributed by atoms with Crippen LogP contribution in [0.15, 0.2) is 71.4 Å². The Kier molecular flexibility index (Phi) is 5.61. The van der Waals surface area contributed by atoms with Crippen LogP contribution in [0, 0.1) is 6.92 Å². The summed E-state index contributed by atoms with van der Waals surface area (Å²) in [4.78, 5) is 16.9. The summed E-state index contributed by atoms with van der Waals surface area (Å²) in [6.07, 6.45) is 1.82. The van der Waals surface area contributed by atoms with Gasteiger partial charge in [0.2, 0.25) is 11.7 Å². The Hall–Kier alpha value is -3.87. The number of aromatic nitrogens is 3. The second-order valence-electron chi connectivity index (χ2n) is 6.94. The highest BCUT2D eigenvalue weighted by atomic mass is 16.5. The Morgan fingerprint density at radius 1 is 1.10 bits per heavy atom. The predicted molar refractivity (Wildman–Crippen MR) is 113 cm³/mol. The number of nitrogens with zero attached hydrogens (tertiary/aromatic N) is 3. The van der Waals surface area contributed by atoms with Crippen LogP contribution < -0.4 is 10.1 Å². The summed E-state index contributed by atoms with van der Waals surface area (Å²) in [6, 6.07) is 19.2. The van der Waals surface area contributed by atoms with Gasteiger partial charge in [-0.1, -0.05) is 47.1 Å². The molecule has 30 heavy (non-hydrogen) atoms. The molecule has 0 saturated heterocycles. The molecule has 0 bridgehead atoms. The summed E-state index contributed by atoms with van der Waals surface area (Å²) < 4.78 is 12.4. The molecular weight excluding hydrogens is 380 g/mol. The molecule has 0 fully saturated rings. The number of ether oxygens (including phenoxy) is 1. The molecule has 152 valence electrons. The van der Waals surface area contributed by atoms with Gasteiger partial charge in [0.25, 0.3) is 5.89 Å². The largest absolute Gasteiger partial charge is 0.497 e. The van der Waals surface area contributed by atoms with E-state index < -0.39 is 0 Å². The standard InChI is InChI=1S/C23H22N4O3/c1-16-5-9-18(10-6-16)22-25-23(30-26-22)20-4-3-13-27(20)15-21(28)24-14-17-7-11-19(29-2)12-8-17/h3-13H,14-15H2,1-2H3,(H,24,28). The minimum absolute atomic E-state index is 0.110. The number of hydrogen-bond donors (Lipinski definition) is 1. The third-order valence-electron chi connectivity index (χ3n) is 4.75. The summed E-state index contributed by atoms with van der Waals surface area (Å²) in [5.41, 5.74) is 3.74. The molecule has 2 aromatic carbocycles. The average Bonchev–Trinajstić information content (AvgIpc) is 3.42. The van der Waals surface area contributed by atoms with Gasteiger partial charge in [-0.15, -0.1) is 0 Å². The number of methoxy groups -OCH3 is 1. The van der Waals surface area contributed by atoms with Gasteiger partial charge in [0.15, 0.2) is 0 Å². The summed E-state index contributed by atoms with van der Waals surface area (Å²) in [6.45, 7) is 2.62. The molecule has 0 aliphatic heterocycles. The van der Waals surface area contributed by atoms with Crippen molar-refractivity contribution in [3.63, 3.8) is 0 Å². The molecule has 2 aromatic heterocycles. The van der Waals surface area contributed by atoms with Crippen LogP contribution in [0.4, 0.5) is 0 Å². The quantitative estimate of drug-likeness (QED) is 0.508. The Morgan fingerprint density at radius 2 is 1.87 bits per heavy atom. The molecular formula is C23H22N4O3. The van der Waals surface area contributed by atoms with Gasteiger partial charge in [-0.05, 0) is 36.8 Å². The SMILES string of the molecule is COc1ccc(CNC(=O)Cn2cccc2-c2nc(-c3ccc(C)cc3)no2)cc1. The highest BCUT2D eigenvalue weighted by Crippen LogP contribution is 2.23. The van der Waals surface area contributed by atoms with Crippen molar-refractivity contribution in [2.45, 2.75) is 20.0 Å². The van der Waals surface area contributed by atoms with E-state index in [1.165, 1.54) is 0 Å². The van der Waals surface area contributed by atoms with Crippen LogP contribution in [-0.4, -0.2) is 27.7 Å². The number of rotatable bonds is 7. The van der Waals surface area contributed by atoms with Crippen molar-refractivity contribution in [2.75, 3.05) is 7.11 Å². The average molecular weight is 402 g/mol. The Morgan fingerprint density at radius 3 is 2.60 bits per heavy atom. The van der Waals surface area contributed by atoms with E-state index in [0.29, 0.717) is 24.0 Å². The van der Waals surface area contributed by atoms with Crippen LogP contribution in [0.1, 0.15) is 11.1 Å². The first-order valence-electron chi connectivity index (χ1n) is 9.58. The van der Waals surface area contributed by atoms with Crippen LogP contribution >= 0.6 is 0 Å². The molecule has 0 unspecified atom stereocenters. The molecule has 0 saturated carbocycles. The van der Waals surface area contributed by atoms with Crippen molar-refractivity contribution in [1.82, 2.24) is 20.0 Å². The lowest BCUT2D eigenvalue weighted by Crippen LogP contribution is -2.27. The third kappa shape index (κ3) is 4.41. The molecule has 7 heteroatoms.